The molecule has 3 heterocycles. The predicted molar refractivity (Wildman–Crippen MR) is 146 cm³/mol. The van der Waals surface area contributed by atoms with E-state index in [1.165, 1.54) is 4.90 Å². The van der Waals surface area contributed by atoms with Crippen molar-refractivity contribution in [2.75, 3.05) is 26.2 Å². The van der Waals surface area contributed by atoms with E-state index in [4.69, 9.17) is 16.3 Å². The summed E-state index contributed by atoms with van der Waals surface area (Å²) in [6, 6.07) is 10.3. The Morgan fingerprint density at radius 1 is 1.21 bits per heavy atom. The van der Waals surface area contributed by atoms with Crippen molar-refractivity contribution in [1.82, 2.24) is 24.9 Å². The lowest BCUT2D eigenvalue weighted by molar-refractivity contribution is -0.122. The molecule has 0 aliphatic carbocycles. The van der Waals surface area contributed by atoms with Crippen LogP contribution in [-0.2, 0) is 4.79 Å². The van der Waals surface area contributed by atoms with E-state index in [9.17, 15) is 14.4 Å². The third kappa shape index (κ3) is 6.83. The van der Waals surface area contributed by atoms with Gasteiger partial charge in [-0.05, 0) is 62.4 Å². The summed E-state index contributed by atoms with van der Waals surface area (Å²) in [5.41, 5.74) is 2.26. The number of pyridine rings is 1. The zero-order valence-corrected chi connectivity index (χ0v) is 22.8. The maximum atomic E-state index is 13.5. The number of carbonyl (C=O) groups is 3. The molecule has 1 aromatic carbocycles. The number of benzene rings is 1. The summed E-state index contributed by atoms with van der Waals surface area (Å²) in [5, 5.41) is 6.38. The summed E-state index contributed by atoms with van der Waals surface area (Å²) in [4.78, 5) is 45.5. The highest BCUT2D eigenvalue weighted by Gasteiger charge is 2.24. The zero-order chi connectivity index (χ0) is 27.2. The number of hydrogen-bond donors (Lipinski definition) is 2. The largest absolute Gasteiger partial charge is 0.491 e. The Kier molecular flexibility index (Phi) is 8.89. The third-order valence-corrected chi connectivity index (χ3v) is 6.66. The number of aryl methyl sites for hydroxylation is 1. The van der Waals surface area contributed by atoms with Gasteiger partial charge in [0.2, 0.25) is 5.91 Å². The van der Waals surface area contributed by atoms with Crippen LogP contribution in [0.1, 0.15) is 59.7 Å². The summed E-state index contributed by atoms with van der Waals surface area (Å²) >= 11 is 6.15. The number of halogens is 1. The number of imidazole rings is 1. The predicted octanol–water partition coefficient (Wildman–Crippen LogP) is 3.87. The summed E-state index contributed by atoms with van der Waals surface area (Å²) < 4.78 is 7.87. The number of nitrogens with one attached hydrogen (secondary N) is 2. The van der Waals surface area contributed by atoms with Gasteiger partial charge in [-0.15, -0.1) is 0 Å². The normalized spacial score (nSPS) is 17.7. The van der Waals surface area contributed by atoms with E-state index in [1.54, 1.807) is 24.4 Å². The second-order valence-corrected chi connectivity index (χ2v) is 10.5. The van der Waals surface area contributed by atoms with Gasteiger partial charge in [0, 0.05) is 30.0 Å². The average molecular weight is 540 g/mol. The quantitative estimate of drug-likeness (QED) is 0.525. The van der Waals surface area contributed by atoms with Crippen molar-refractivity contribution >= 4 is 35.0 Å². The number of ether oxygens (including phenoxy) is 1. The number of carbonyl (C=O) groups excluding carboxylic acids is 3. The van der Waals surface area contributed by atoms with Crippen LogP contribution in [0, 0.1) is 12.8 Å². The molecule has 3 aromatic rings. The Labute approximate surface area is 227 Å². The fourth-order valence-corrected chi connectivity index (χ4v) is 4.74. The van der Waals surface area contributed by atoms with Gasteiger partial charge in [0.15, 0.2) is 0 Å². The molecule has 10 heteroatoms. The SMILES string of the molecule is Cc1cccc2nc(C(=O)N3CCCCNC(=O)c4cc(Cl)ccc4OC[C@@H](CC(C)C)NC(=O)C3)cn12. The fraction of sp³-hybridized carbons (Fsp3) is 0.429. The van der Waals surface area contributed by atoms with Gasteiger partial charge in [-0.2, -0.15) is 0 Å². The second kappa shape index (κ2) is 12.3. The van der Waals surface area contributed by atoms with E-state index in [0.29, 0.717) is 54.3 Å². The highest BCUT2D eigenvalue weighted by atomic mass is 35.5. The molecular weight excluding hydrogens is 506 g/mol. The topological polar surface area (TPSA) is 105 Å². The van der Waals surface area contributed by atoms with Crippen LogP contribution in [0.15, 0.2) is 42.6 Å². The van der Waals surface area contributed by atoms with Crippen molar-refractivity contribution in [3.05, 3.63) is 64.6 Å². The van der Waals surface area contributed by atoms with Crippen molar-refractivity contribution in [2.24, 2.45) is 5.92 Å². The fourth-order valence-electron chi connectivity index (χ4n) is 4.57. The molecule has 9 nitrogen and oxygen atoms in total. The van der Waals surface area contributed by atoms with E-state index in [1.807, 2.05) is 29.5 Å². The molecule has 0 unspecified atom stereocenters. The van der Waals surface area contributed by atoms with Gasteiger partial charge in [0.1, 0.15) is 23.7 Å². The van der Waals surface area contributed by atoms with Gasteiger partial charge < -0.3 is 24.7 Å². The van der Waals surface area contributed by atoms with Crippen LogP contribution in [0.4, 0.5) is 0 Å². The highest BCUT2D eigenvalue weighted by Crippen LogP contribution is 2.24. The molecule has 0 spiro atoms. The standard InChI is InChI=1S/C28H34ClN5O4/c1-18(2)13-21-17-38-24-10-9-20(29)14-22(24)27(36)30-11-4-5-12-33(16-26(35)31-21)28(37)23-15-34-19(3)7-6-8-25(34)32-23/h6-10,14-15,18,21H,4-5,11-13,16-17H2,1-3H3,(H,30,36)(H,31,35)/t21-/m1/s1. The molecule has 0 bridgehead atoms. The number of hydrogen-bond acceptors (Lipinski definition) is 5. The molecule has 2 N–H and O–H groups in total. The summed E-state index contributed by atoms with van der Waals surface area (Å²) in [5.74, 6) is -0.167. The monoisotopic (exact) mass is 539 g/mol. The molecule has 202 valence electrons. The Bertz CT molecular complexity index is 1320. The Hall–Kier alpha value is -3.59. The van der Waals surface area contributed by atoms with Crippen molar-refractivity contribution in [3.8, 4) is 5.75 Å². The van der Waals surface area contributed by atoms with Gasteiger partial charge in [-0.3, -0.25) is 14.4 Å². The molecule has 38 heavy (non-hydrogen) atoms. The van der Waals surface area contributed by atoms with Crippen molar-refractivity contribution < 1.29 is 19.1 Å². The van der Waals surface area contributed by atoms with Crippen LogP contribution in [0.25, 0.3) is 5.65 Å². The average Bonchev–Trinajstić information content (AvgIpc) is 3.31. The maximum Gasteiger partial charge on any atom is 0.274 e. The maximum absolute atomic E-state index is 13.5. The summed E-state index contributed by atoms with van der Waals surface area (Å²) in [6.45, 7) is 6.89. The lowest BCUT2D eigenvalue weighted by atomic mass is 10.0. The molecule has 0 saturated heterocycles. The highest BCUT2D eigenvalue weighted by molar-refractivity contribution is 6.31. The molecule has 3 amide bonds. The van der Waals surface area contributed by atoms with Gasteiger partial charge >= 0.3 is 0 Å². The number of fused-ring (bicyclic) bond motifs is 2. The zero-order valence-electron chi connectivity index (χ0n) is 22.0. The van der Waals surface area contributed by atoms with E-state index < -0.39 is 0 Å². The number of rotatable bonds is 3. The van der Waals surface area contributed by atoms with Gasteiger partial charge in [0.05, 0.1) is 18.2 Å². The van der Waals surface area contributed by atoms with E-state index in [0.717, 1.165) is 5.69 Å². The first-order chi connectivity index (χ1) is 18.2. The number of amides is 3. The third-order valence-electron chi connectivity index (χ3n) is 6.42. The van der Waals surface area contributed by atoms with E-state index in [-0.39, 0.29) is 48.5 Å². The minimum absolute atomic E-state index is 0.0984. The van der Waals surface area contributed by atoms with Crippen molar-refractivity contribution in [3.63, 3.8) is 0 Å². The van der Waals surface area contributed by atoms with Crippen LogP contribution in [0.3, 0.4) is 0 Å². The van der Waals surface area contributed by atoms with E-state index >= 15 is 0 Å². The van der Waals surface area contributed by atoms with Gasteiger partial charge in [0.25, 0.3) is 11.8 Å². The molecule has 1 aliphatic rings. The molecular formula is C28H34ClN5O4. The van der Waals surface area contributed by atoms with Crippen LogP contribution < -0.4 is 15.4 Å². The first-order valence-electron chi connectivity index (χ1n) is 12.9. The molecule has 0 saturated carbocycles. The lowest BCUT2D eigenvalue weighted by Crippen LogP contribution is -2.46. The van der Waals surface area contributed by atoms with Crippen LogP contribution in [0.2, 0.25) is 5.02 Å². The second-order valence-electron chi connectivity index (χ2n) is 10.1. The van der Waals surface area contributed by atoms with Gasteiger partial charge in [-0.1, -0.05) is 31.5 Å². The Balaban J connectivity index is 1.57. The Morgan fingerprint density at radius 3 is 2.79 bits per heavy atom. The molecule has 1 aliphatic heterocycles. The van der Waals surface area contributed by atoms with Crippen LogP contribution in [0.5, 0.6) is 5.75 Å². The smallest absolute Gasteiger partial charge is 0.274 e. The Morgan fingerprint density at radius 2 is 2.03 bits per heavy atom. The van der Waals surface area contributed by atoms with Crippen molar-refractivity contribution in [2.45, 2.75) is 46.1 Å². The lowest BCUT2D eigenvalue weighted by Gasteiger charge is -2.25. The first kappa shape index (κ1) is 27.4. The first-order valence-corrected chi connectivity index (χ1v) is 13.3. The van der Waals surface area contributed by atoms with Crippen LogP contribution in [-0.4, -0.2) is 64.3 Å². The number of nitrogens with zero attached hydrogens (tertiary/aromatic N) is 3. The van der Waals surface area contributed by atoms with Crippen molar-refractivity contribution in [1.29, 1.82) is 0 Å². The molecule has 0 radical (unpaired) electrons. The van der Waals surface area contributed by atoms with Crippen LogP contribution >= 0.6 is 11.6 Å². The summed E-state index contributed by atoms with van der Waals surface area (Å²) in [6.07, 6.45) is 3.59. The number of aromatic nitrogens is 2. The minimum atomic E-state index is -0.311. The van der Waals surface area contributed by atoms with E-state index in [2.05, 4.69) is 29.5 Å². The van der Waals surface area contributed by atoms with Gasteiger partial charge in [-0.25, -0.2) is 4.98 Å². The minimum Gasteiger partial charge on any atom is -0.491 e. The molecule has 4 rings (SSSR count). The molecule has 0 fully saturated rings. The molecule has 1 atom stereocenters. The molecule has 2 aromatic heterocycles. The summed E-state index contributed by atoms with van der Waals surface area (Å²) in [7, 11) is 0.